The molecule has 8 nitrogen and oxygen atoms in total. The minimum absolute atomic E-state index is 0.0839. The molecule has 200 valence electrons. The van der Waals surface area contributed by atoms with Crippen LogP contribution in [-0.2, 0) is 9.53 Å². The van der Waals surface area contributed by atoms with Gasteiger partial charge in [-0.15, -0.1) is 10.2 Å². The number of fused-ring (bicyclic) bond motifs is 1. The van der Waals surface area contributed by atoms with Gasteiger partial charge in [0, 0.05) is 48.8 Å². The Morgan fingerprint density at radius 1 is 1.34 bits per heavy atom. The fraction of sp³-hybridized carbons (Fsp3) is 0.500. The average molecular weight is 516 g/mol. The van der Waals surface area contributed by atoms with Crippen molar-refractivity contribution in [1.29, 1.82) is 0 Å². The number of hydrogen-bond acceptors (Lipinski definition) is 6. The molecule has 1 saturated carbocycles. The molecule has 2 aromatic heterocycles. The second-order valence-corrected chi connectivity index (χ2v) is 11.6. The van der Waals surface area contributed by atoms with E-state index in [9.17, 15) is 9.90 Å². The number of aromatic hydroxyl groups is 1. The zero-order valence-electron chi connectivity index (χ0n) is 22.1. The minimum Gasteiger partial charge on any atom is -0.507 e. The third-order valence-corrected chi connectivity index (χ3v) is 8.80. The van der Waals surface area contributed by atoms with Gasteiger partial charge in [0.15, 0.2) is 5.65 Å². The number of likely N-dealkylation sites (tertiary alicyclic amines) is 1. The standard InChI is InChI=1S/C30H37N5O3/c1-3-26(37)31-21-13-20(9-12-38-16-21)28-27(19(2)15-35-17-30(18-35)10-6-11-30)23-14-24(33-34-29(23)32-28)22-7-4-5-8-25(22)36/h3-5,7-8,14,19-21,36H,1,6,9-13,15-18H2,2H3,(H,31,37)(H,32,34)/t19-,20+,21-/m0/s1. The van der Waals surface area contributed by atoms with Gasteiger partial charge in [-0.25, -0.2) is 0 Å². The van der Waals surface area contributed by atoms with Gasteiger partial charge >= 0.3 is 0 Å². The van der Waals surface area contributed by atoms with E-state index in [1.165, 1.54) is 49.7 Å². The van der Waals surface area contributed by atoms with Crippen LogP contribution in [0.25, 0.3) is 22.3 Å². The second-order valence-electron chi connectivity index (χ2n) is 11.6. The summed E-state index contributed by atoms with van der Waals surface area (Å²) in [5.74, 6) is 0.482. The highest BCUT2D eigenvalue weighted by Gasteiger charge is 2.47. The van der Waals surface area contributed by atoms with Gasteiger partial charge in [0.05, 0.1) is 18.3 Å². The van der Waals surface area contributed by atoms with E-state index in [2.05, 4.69) is 45.0 Å². The molecule has 3 N–H and O–H groups in total. The van der Waals surface area contributed by atoms with E-state index in [4.69, 9.17) is 4.74 Å². The summed E-state index contributed by atoms with van der Waals surface area (Å²) >= 11 is 0. The number of amides is 1. The molecule has 2 saturated heterocycles. The largest absolute Gasteiger partial charge is 0.507 e. The zero-order valence-corrected chi connectivity index (χ0v) is 22.1. The van der Waals surface area contributed by atoms with Crippen molar-refractivity contribution in [2.75, 3.05) is 32.8 Å². The fourth-order valence-corrected chi connectivity index (χ4v) is 6.81. The molecule has 0 radical (unpaired) electrons. The molecule has 1 amide bonds. The number of nitrogens with zero attached hydrogens (tertiary/aromatic N) is 3. The van der Waals surface area contributed by atoms with E-state index in [1.54, 1.807) is 6.07 Å². The summed E-state index contributed by atoms with van der Waals surface area (Å²) in [6.07, 6.45) is 7.06. The molecular formula is C30H37N5O3. The Bertz CT molecular complexity index is 1340. The Morgan fingerprint density at radius 3 is 2.89 bits per heavy atom. The molecule has 0 bridgehead atoms. The lowest BCUT2D eigenvalue weighted by atomic mass is 9.63. The molecule has 2 aliphatic heterocycles. The third-order valence-electron chi connectivity index (χ3n) is 8.80. The minimum atomic E-state index is -0.176. The number of rotatable bonds is 7. The van der Waals surface area contributed by atoms with E-state index in [0.717, 1.165) is 30.4 Å². The van der Waals surface area contributed by atoms with Crippen LogP contribution >= 0.6 is 0 Å². The van der Waals surface area contributed by atoms with Gasteiger partial charge in [-0.05, 0) is 66.9 Å². The highest BCUT2D eigenvalue weighted by Crippen LogP contribution is 2.49. The molecule has 6 rings (SSSR count). The van der Waals surface area contributed by atoms with Crippen LogP contribution in [-0.4, -0.2) is 70.0 Å². The summed E-state index contributed by atoms with van der Waals surface area (Å²) in [6.45, 7) is 10.4. The molecule has 4 heterocycles. The quantitative estimate of drug-likeness (QED) is 0.401. The third kappa shape index (κ3) is 4.71. The van der Waals surface area contributed by atoms with E-state index in [-0.39, 0.29) is 29.5 Å². The van der Waals surface area contributed by atoms with Crippen LogP contribution in [0.5, 0.6) is 5.75 Å². The topological polar surface area (TPSA) is 103 Å². The molecular weight excluding hydrogens is 478 g/mol. The summed E-state index contributed by atoms with van der Waals surface area (Å²) in [7, 11) is 0. The van der Waals surface area contributed by atoms with Crippen molar-refractivity contribution in [2.24, 2.45) is 5.41 Å². The van der Waals surface area contributed by atoms with Crippen LogP contribution in [0.1, 0.15) is 62.1 Å². The Labute approximate surface area is 223 Å². The number of nitrogens with one attached hydrogen (secondary N) is 2. The Balaban J connectivity index is 1.36. The van der Waals surface area contributed by atoms with Crippen LogP contribution in [0.4, 0.5) is 0 Å². The van der Waals surface area contributed by atoms with Crippen LogP contribution < -0.4 is 5.32 Å². The van der Waals surface area contributed by atoms with Crippen molar-refractivity contribution in [3.63, 3.8) is 0 Å². The number of ether oxygens (including phenoxy) is 1. The van der Waals surface area contributed by atoms with Gasteiger partial charge in [-0.1, -0.05) is 32.1 Å². The molecule has 38 heavy (non-hydrogen) atoms. The highest BCUT2D eigenvalue weighted by atomic mass is 16.5. The zero-order chi connectivity index (χ0) is 26.3. The molecule has 1 aliphatic carbocycles. The van der Waals surface area contributed by atoms with E-state index in [1.807, 2.05) is 18.2 Å². The summed E-state index contributed by atoms with van der Waals surface area (Å²) in [6, 6.07) is 9.24. The first kappa shape index (κ1) is 25.1. The molecule has 0 unspecified atom stereocenters. The number of carbonyl (C=O) groups is 1. The van der Waals surface area contributed by atoms with E-state index < -0.39 is 0 Å². The Hall–Kier alpha value is -3.23. The predicted octanol–water partition coefficient (Wildman–Crippen LogP) is 4.48. The summed E-state index contributed by atoms with van der Waals surface area (Å²) in [4.78, 5) is 18.3. The lowest BCUT2D eigenvalue weighted by Gasteiger charge is -2.56. The number of para-hydroxylation sites is 1. The highest BCUT2D eigenvalue weighted by molar-refractivity contribution is 5.87. The lowest BCUT2D eigenvalue weighted by molar-refractivity contribution is -0.117. The first-order chi connectivity index (χ1) is 18.4. The van der Waals surface area contributed by atoms with Gasteiger partial charge in [-0.2, -0.15) is 0 Å². The number of aromatic nitrogens is 3. The molecule has 1 aromatic carbocycles. The Morgan fingerprint density at radius 2 is 2.16 bits per heavy atom. The number of phenolic OH excluding ortho intramolecular Hbond substituents is 1. The van der Waals surface area contributed by atoms with Crippen molar-refractivity contribution in [3.8, 4) is 17.0 Å². The molecule has 3 fully saturated rings. The van der Waals surface area contributed by atoms with Crippen LogP contribution in [0, 0.1) is 5.41 Å². The van der Waals surface area contributed by atoms with Gasteiger partial charge < -0.3 is 25.0 Å². The van der Waals surface area contributed by atoms with Crippen molar-refractivity contribution >= 4 is 16.9 Å². The number of hydrogen-bond donors (Lipinski definition) is 3. The van der Waals surface area contributed by atoms with Crippen molar-refractivity contribution < 1.29 is 14.6 Å². The average Bonchev–Trinajstić information content (AvgIpc) is 3.09. The smallest absolute Gasteiger partial charge is 0.243 e. The maximum Gasteiger partial charge on any atom is 0.243 e. The number of aromatic amines is 1. The number of benzene rings is 1. The van der Waals surface area contributed by atoms with Gasteiger partial charge in [0.25, 0.3) is 0 Å². The summed E-state index contributed by atoms with van der Waals surface area (Å²) in [5.41, 5.74) is 5.11. The van der Waals surface area contributed by atoms with Gasteiger partial charge in [-0.3, -0.25) is 4.79 Å². The Kier molecular flexibility index (Phi) is 6.70. The van der Waals surface area contributed by atoms with Gasteiger partial charge in [0.2, 0.25) is 5.91 Å². The predicted molar refractivity (Wildman–Crippen MR) is 147 cm³/mol. The molecule has 8 heteroatoms. The fourth-order valence-electron chi connectivity index (χ4n) is 6.81. The molecule has 3 aliphatic rings. The van der Waals surface area contributed by atoms with Crippen LogP contribution in [0.15, 0.2) is 43.0 Å². The summed E-state index contributed by atoms with van der Waals surface area (Å²) in [5, 5.41) is 23.6. The van der Waals surface area contributed by atoms with Crippen molar-refractivity contribution in [2.45, 2.75) is 56.9 Å². The van der Waals surface area contributed by atoms with Crippen molar-refractivity contribution in [1.82, 2.24) is 25.4 Å². The number of carbonyl (C=O) groups excluding carboxylic acids is 1. The maximum absolute atomic E-state index is 12.1. The van der Waals surface area contributed by atoms with E-state index in [0.29, 0.717) is 29.9 Å². The SMILES string of the molecule is C=CC(=O)N[C@@H]1COCC[C@@H](c2[nH]c3nnc(-c4ccccc4O)cc3c2[C@@H](C)CN2CC3(CCC3)C2)C1. The van der Waals surface area contributed by atoms with Gasteiger partial charge in [0.1, 0.15) is 5.75 Å². The normalized spacial score (nSPS) is 23.8. The van der Waals surface area contributed by atoms with Crippen LogP contribution in [0.3, 0.4) is 0 Å². The summed E-state index contributed by atoms with van der Waals surface area (Å²) < 4.78 is 5.87. The molecule has 3 atom stereocenters. The monoisotopic (exact) mass is 515 g/mol. The maximum atomic E-state index is 12.1. The van der Waals surface area contributed by atoms with Crippen LogP contribution in [0.2, 0.25) is 0 Å². The number of H-pyrrole nitrogens is 1. The lowest BCUT2D eigenvalue weighted by Crippen LogP contribution is -2.60. The van der Waals surface area contributed by atoms with Crippen molar-refractivity contribution in [3.05, 3.63) is 54.2 Å². The molecule has 3 aromatic rings. The first-order valence-corrected chi connectivity index (χ1v) is 13.9. The molecule has 1 spiro atoms. The second kappa shape index (κ2) is 10.2. The first-order valence-electron chi connectivity index (χ1n) is 13.9. The number of phenols is 1. The van der Waals surface area contributed by atoms with E-state index >= 15 is 0 Å².